The summed E-state index contributed by atoms with van der Waals surface area (Å²) in [6.45, 7) is 13.9. The Hall–Kier alpha value is -0.910. The van der Waals surface area contributed by atoms with Gasteiger partial charge in [0.2, 0.25) is 0 Å². The van der Waals surface area contributed by atoms with Crippen molar-refractivity contribution in [2.45, 2.75) is 104 Å². The van der Waals surface area contributed by atoms with Crippen LogP contribution < -0.4 is 34.7 Å². The minimum Gasteiger partial charge on any atom is -0.546 e. The van der Waals surface area contributed by atoms with Crippen LogP contribution in [0.3, 0.4) is 0 Å². The molecule has 0 unspecified atom stereocenters. The molecule has 14 heteroatoms. The maximum absolute atomic E-state index is 10.8. The van der Waals surface area contributed by atoms with Crippen molar-refractivity contribution >= 4 is 6.16 Å². The summed E-state index contributed by atoms with van der Waals surface area (Å²) < 4.78 is 4.94. The Morgan fingerprint density at radius 1 is 0.929 bits per heavy atom. The molecule has 0 heterocycles. The molecule has 20 N–H and O–H groups in total. The SMILES string of the molecule is C=C1CC[C@H](OC(=O)[O-])C/C1=C/C=C1\CCC[C@]2(C)[C@@H]([C@H](C)CCCC(C)C)CC[C@@H]12.O.O.O.O.O.O.O.O.O.O.[Na+]. The van der Waals surface area contributed by atoms with Crippen LogP contribution in [0.1, 0.15) is 98.3 Å². The van der Waals surface area contributed by atoms with Crippen LogP contribution in [0.25, 0.3) is 0 Å². The van der Waals surface area contributed by atoms with Crippen LogP contribution in [0.5, 0.6) is 0 Å². The predicted octanol–water partition coefficient (Wildman–Crippen LogP) is -4.26. The summed E-state index contributed by atoms with van der Waals surface area (Å²) in [6.07, 6.45) is 15.6. The van der Waals surface area contributed by atoms with Gasteiger partial charge in [-0.15, -0.1) is 0 Å². The van der Waals surface area contributed by atoms with Gasteiger partial charge in [0.05, 0.1) is 0 Å². The largest absolute Gasteiger partial charge is 1.00 e. The van der Waals surface area contributed by atoms with E-state index in [9.17, 15) is 9.90 Å². The van der Waals surface area contributed by atoms with E-state index in [1.54, 1.807) is 5.57 Å². The number of fused-ring (bicyclic) bond motifs is 1. The standard InChI is InChI=1S/C28H44O3.Na.10H2O/c1-19(2)8-6-9-21(4)25-15-16-26-22(10-7-17-28(25,26)5)12-13-23-18-24(31-27(29)30)14-11-20(23)3;;;;;;;;;;;/h12-13,19,21,24-26H,3,6-11,14-18H2,1-2,4-5H3,(H,29,30);;10*1H2/q;+1;;;;;;;;;;/p-1/b22-12+,23-13-;;;;;;;;;;;/t21-,24+,25-,26+,28-;;;;;;;;;;;/m1.........../s1. The molecule has 3 saturated carbocycles. The number of allylic oxidation sites excluding steroid dienone is 4. The minimum atomic E-state index is -1.42. The Labute approximate surface area is 273 Å². The van der Waals surface area contributed by atoms with E-state index in [1.165, 1.54) is 51.4 Å². The van der Waals surface area contributed by atoms with Crippen molar-refractivity contribution in [2.75, 3.05) is 0 Å². The van der Waals surface area contributed by atoms with E-state index in [4.69, 9.17) is 4.74 Å². The topological polar surface area (TPSA) is 364 Å². The number of carbonyl (C=O) groups is 1. The number of carbonyl (C=O) groups excluding carboxylic acids is 1. The average Bonchev–Trinajstić information content (AvgIpc) is 3.05. The normalized spacial score (nSPS) is 25.7. The first-order chi connectivity index (χ1) is 14.7. The monoisotopic (exact) mass is 630 g/mol. The van der Waals surface area contributed by atoms with Gasteiger partial charge in [0.1, 0.15) is 0 Å². The molecular formula is C28H63NaO13. The number of ether oxygens (including phenoxy) is 1. The van der Waals surface area contributed by atoms with Crippen molar-refractivity contribution in [3.8, 4) is 0 Å². The molecule has 13 nitrogen and oxygen atoms in total. The van der Waals surface area contributed by atoms with Gasteiger partial charge in [-0.2, -0.15) is 0 Å². The molecule has 0 aromatic carbocycles. The molecule has 3 rings (SSSR count). The summed E-state index contributed by atoms with van der Waals surface area (Å²) in [5.41, 5.74) is 4.31. The summed E-state index contributed by atoms with van der Waals surface area (Å²) >= 11 is 0. The summed E-state index contributed by atoms with van der Waals surface area (Å²) in [5, 5.41) is 10.8. The van der Waals surface area contributed by atoms with Gasteiger partial charge in [-0.25, -0.2) is 0 Å². The Balaban J connectivity index is -0.000000141. The first-order valence-electron chi connectivity index (χ1n) is 12.7. The zero-order valence-corrected chi connectivity index (χ0v) is 28.3. The Kier molecular flexibility index (Phi) is 44.0. The fourth-order valence-electron chi connectivity index (χ4n) is 6.88. The smallest absolute Gasteiger partial charge is 0.546 e. The van der Waals surface area contributed by atoms with E-state index in [-0.39, 0.29) is 90.4 Å². The van der Waals surface area contributed by atoms with Crippen LogP contribution >= 0.6 is 0 Å². The first kappa shape index (κ1) is 64.1. The summed E-state index contributed by atoms with van der Waals surface area (Å²) in [4.78, 5) is 10.8. The van der Waals surface area contributed by atoms with Crippen LogP contribution in [-0.4, -0.2) is 67.0 Å². The van der Waals surface area contributed by atoms with Gasteiger partial charge in [-0.1, -0.05) is 76.8 Å². The zero-order valence-electron chi connectivity index (χ0n) is 26.3. The van der Waals surface area contributed by atoms with Gasteiger partial charge in [0.25, 0.3) is 6.16 Å². The maximum Gasteiger partial charge on any atom is 1.00 e. The third kappa shape index (κ3) is 16.2. The molecule has 3 aliphatic rings. The van der Waals surface area contributed by atoms with Gasteiger partial charge in [-0.05, 0) is 86.0 Å². The van der Waals surface area contributed by atoms with Crippen molar-refractivity contribution in [3.05, 3.63) is 35.5 Å². The van der Waals surface area contributed by atoms with E-state index in [0.29, 0.717) is 24.2 Å². The number of hydrogen-bond donors (Lipinski definition) is 0. The van der Waals surface area contributed by atoms with Crippen molar-refractivity contribution in [3.63, 3.8) is 0 Å². The quantitative estimate of drug-likeness (QED) is 0.199. The number of rotatable bonds is 7. The van der Waals surface area contributed by atoms with E-state index < -0.39 is 6.16 Å². The summed E-state index contributed by atoms with van der Waals surface area (Å²) in [6, 6.07) is 0. The van der Waals surface area contributed by atoms with Crippen LogP contribution in [0, 0.1) is 29.1 Å². The number of carboxylic acid groups (broad SMARTS) is 1. The van der Waals surface area contributed by atoms with Gasteiger partial charge >= 0.3 is 29.6 Å². The molecule has 0 spiro atoms. The molecule has 0 saturated heterocycles. The fraction of sp³-hybridized carbons (Fsp3) is 0.750. The molecule has 42 heavy (non-hydrogen) atoms. The Morgan fingerprint density at radius 2 is 1.50 bits per heavy atom. The minimum absolute atomic E-state index is 0. The Bertz CT molecular complexity index is 745. The van der Waals surface area contributed by atoms with Crippen molar-refractivity contribution in [2.24, 2.45) is 29.1 Å². The molecule has 0 aliphatic heterocycles. The van der Waals surface area contributed by atoms with Crippen molar-refractivity contribution in [1.29, 1.82) is 0 Å². The van der Waals surface area contributed by atoms with Crippen LogP contribution in [0.15, 0.2) is 35.5 Å². The summed E-state index contributed by atoms with van der Waals surface area (Å²) in [5.74, 6) is 3.16. The van der Waals surface area contributed by atoms with Gasteiger partial charge in [0, 0.05) is 6.10 Å². The number of hydrogen-bond acceptors (Lipinski definition) is 3. The molecule has 0 aromatic rings. The second-order valence-corrected chi connectivity index (χ2v) is 11.2. The van der Waals surface area contributed by atoms with Crippen molar-refractivity contribution < 1.29 is 99.0 Å². The van der Waals surface area contributed by atoms with Gasteiger partial charge in [-0.3, -0.25) is 0 Å². The van der Waals surface area contributed by atoms with Crippen LogP contribution in [0.4, 0.5) is 4.79 Å². The molecule has 0 aromatic heterocycles. The second kappa shape index (κ2) is 28.8. The van der Waals surface area contributed by atoms with Crippen LogP contribution in [-0.2, 0) is 4.74 Å². The molecule has 254 valence electrons. The van der Waals surface area contributed by atoms with Gasteiger partial charge in [0.15, 0.2) is 0 Å². The molecule has 3 fully saturated rings. The third-order valence-electron chi connectivity index (χ3n) is 8.60. The molecule has 0 amide bonds. The molecular weight excluding hydrogens is 567 g/mol. The molecule has 0 radical (unpaired) electrons. The average molecular weight is 631 g/mol. The molecule has 0 bridgehead atoms. The summed E-state index contributed by atoms with van der Waals surface area (Å²) in [7, 11) is 0. The van der Waals surface area contributed by atoms with E-state index in [0.717, 1.165) is 35.3 Å². The van der Waals surface area contributed by atoms with E-state index in [1.807, 2.05) is 0 Å². The van der Waals surface area contributed by atoms with E-state index in [2.05, 4.69) is 46.4 Å². The molecule has 5 atom stereocenters. The molecule has 3 aliphatic carbocycles. The first-order valence-corrected chi connectivity index (χ1v) is 12.7. The van der Waals surface area contributed by atoms with E-state index >= 15 is 0 Å². The fourth-order valence-corrected chi connectivity index (χ4v) is 6.88. The predicted molar refractivity (Wildman–Crippen MR) is 162 cm³/mol. The van der Waals surface area contributed by atoms with Gasteiger partial charge < -0.3 is 69.4 Å². The van der Waals surface area contributed by atoms with Crippen molar-refractivity contribution in [1.82, 2.24) is 0 Å². The zero-order chi connectivity index (χ0) is 22.6. The third-order valence-corrected chi connectivity index (χ3v) is 8.60. The second-order valence-electron chi connectivity index (χ2n) is 11.2. The maximum atomic E-state index is 10.8. The van der Waals surface area contributed by atoms with Crippen LogP contribution in [0.2, 0.25) is 0 Å². The Morgan fingerprint density at radius 3 is 2.02 bits per heavy atom.